The van der Waals surface area contributed by atoms with E-state index in [2.05, 4.69) is 21.4 Å². The zero-order valence-electron chi connectivity index (χ0n) is 15.5. The van der Waals surface area contributed by atoms with Gasteiger partial charge in [0.2, 0.25) is 5.91 Å². The van der Waals surface area contributed by atoms with Crippen LogP contribution in [0.15, 0.2) is 6.07 Å². The van der Waals surface area contributed by atoms with E-state index in [1.54, 1.807) is 7.11 Å². The molecule has 1 amide bonds. The van der Waals surface area contributed by atoms with E-state index in [9.17, 15) is 4.79 Å². The number of rotatable bonds is 6. The van der Waals surface area contributed by atoms with E-state index in [1.807, 2.05) is 4.90 Å². The highest BCUT2D eigenvalue weighted by molar-refractivity contribution is 5.81. The Hall–Kier alpha value is -1.73. The van der Waals surface area contributed by atoms with Gasteiger partial charge in [-0.05, 0) is 38.5 Å². The number of nitrogens with one attached hydrogen (secondary N) is 1. The average molecular weight is 359 g/mol. The molecule has 2 aliphatic carbocycles. The number of carbonyl (C=O) groups excluding carboxylic acids is 1. The number of likely N-dealkylation sites (tertiary alicyclic amines) is 1. The second-order valence-electron chi connectivity index (χ2n) is 7.97. The van der Waals surface area contributed by atoms with Gasteiger partial charge in [0.25, 0.3) is 0 Å². The molecule has 0 bridgehead atoms. The molecule has 1 aliphatic heterocycles. The van der Waals surface area contributed by atoms with E-state index in [-0.39, 0.29) is 0 Å². The zero-order valence-corrected chi connectivity index (χ0v) is 15.5. The molecule has 2 heterocycles. The van der Waals surface area contributed by atoms with Gasteiger partial charge in [-0.25, -0.2) is 9.97 Å². The molecule has 1 aromatic rings. The Kier molecular flexibility index (Phi) is 5.09. The van der Waals surface area contributed by atoms with Crippen LogP contribution in [0.1, 0.15) is 56.0 Å². The molecule has 0 spiro atoms. The van der Waals surface area contributed by atoms with Gasteiger partial charge >= 0.3 is 0 Å². The van der Waals surface area contributed by atoms with E-state index in [0.717, 1.165) is 63.1 Å². The lowest BCUT2D eigenvalue weighted by Crippen LogP contribution is -2.43. The van der Waals surface area contributed by atoms with E-state index < -0.39 is 0 Å². The van der Waals surface area contributed by atoms with Crippen molar-refractivity contribution in [2.45, 2.75) is 63.1 Å². The largest absolute Gasteiger partial charge is 0.377 e. The number of anilines is 1. The molecule has 0 atom stereocenters. The maximum atomic E-state index is 12.2. The standard InChI is InChI=1S/C19H29N5O2/c1-26-11-18-22-16(13-8-14(20)9-13)10-17(23-18)21-15-4-6-24(7-5-15)19(25)12-2-3-12/h10,12-15H,2-9,11,20H2,1H3,(H,21,22,23). The molecule has 1 aromatic heterocycles. The molecular weight excluding hydrogens is 330 g/mol. The topological polar surface area (TPSA) is 93.4 Å². The summed E-state index contributed by atoms with van der Waals surface area (Å²) >= 11 is 0. The van der Waals surface area contributed by atoms with Crippen LogP contribution in [0.4, 0.5) is 5.82 Å². The fourth-order valence-corrected chi connectivity index (χ4v) is 3.94. The SMILES string of the molecule is COCc1nc(NC2CCN(C(=O)C3CC3)CC2)cc(C2CC(N)C2)n1. The fraction of sp³-hybridized carbons (Fsp3) is 0.737. The van der Waals surface area contributed by atoms with Crippen molar-refractivity contribution in [1.29, 1.82) is 0 Å². The van der Waals surface area contributed by atoms with Crippen molar-refractivity contribution in [2.75, 3.05) is 25.5 Å². The number of aromatic nitrogens is 2. The molecule has 0 radical (unpaired) electrons. The number of amides is 1. The van der Waals surface area contributed by atoms with Gasteiger partial charge in [-0.15, -0.1) is 0 Å². The molecule has 0 aromatic carbocycles. The van der Waals surface area contributed by atoms with Gasteiger partial charge in [0, 0.05) is 55.9 Å². The van der Waals surface area contributed by atoms with Gasteiger partial charge in [0.05, 0.1) is 0 Å². The fourth-order valence-electron chi connectivity index (χ4n) is 3.94. The Morgan fingerprint density at radius 3 is 2.62 bits per heavy atom. The lowest BCUT2D eigenvalue weighted by atomic mass is 9.78. The third kappa shape index (κ3) is 3.99. The maximum Gasteiger partial charge on any atom is 0.225 e. The molecule has 7 heteroatoms. The van der Waals surface area contributed by atoms with Gasteiger partial charge in [-0.1, -0.05) is 0 Å². The molecule has 3 N–H and O–H groups in total. The summed E-state index contributed by atoms with van der Waals surface area (Å²) < 4.78 is 5.23. The van der Waals surface area contributed by atoms with Crippen molar-refractivity contribution in [3.05, 3.63) is 17.6 Å². The first-order chi connectivity index (χ1) is 12.6. The number of piperidine rings is 1. The molecule has 0 unspecified atom stereocenters. The Bertz CT molecular complexity index is 649. The molecule has 1 saturated heterocycles. The highest BCUT2D eigenvalue weighted by atomic mass is 16.5. The summed E-state index contributed by atoms with van der Waals surface area (Å²) in [5, 5.41) is 3.56. The molecule has 7 nitrogen and oxygen atoms in total. The molecule has 4 rings (SSSR count). The second kappa shape index (κ2) is 7.48. The van der Waals surface area contributed by atoms with Crippen LogP contribution in [0.2, 0.25) is 0 Å². The van der Waals surface area contributed by atoms with Crippen LogP contribution in [0, 0.1) is 5.92 Å². The minimum Gasteiger partial charge on any atom is -0.377 e. The van der Waals surface area contributed by atoms with Gasteiger partial charge < -0.3 is 20.7 Å². The minimum absolute atomic E-state index is 0.297. The van der Waals surface area contributed by atoms with Crippen LogP contribution in [0.5, 0.6) is 0 Å². The van der Waals surface area contributed by atoms with Crippen LogP contribution in [0.25, 0.3) is 0 Å². The predicted octanol–water partition coefficient (Wildman–Crippen LogP) is 1.64. The van der Waals surface area contributed by atoms with Gasteiger partial charge in [-0.2, -0.15) is 0 Å². The van der Waals surface area contributed by atoms with Gasteiger partial charge in [-0.3, -0.25) is 4.79 Å². The summed E-state index contributed by atoms with van der Waals surface area (Å²) in [7, 11) is 1.66. The van der Waals surface area contributed by atoms with Gasteiger partial charge in [0.15, 0.2) is 5.82 Å². The van der Waals surface area contributed by atoms with Crippen LogP contribution in [-0.4, -0.2) is 53.1 Å². The zero-order chi connectivity index (χ0) is 18.1. The molecule has 26 heavy (non-hydrogen) atoms. The van der Waals surface area contributed by atoms with E-state index >= 15 is 0 Å². The Balaban J connectivity index is 1.38. The number of ether oxygens (including phenoxy) is 1. The van der Waals surface area contributed by atoms with Crippen molar-refractivity contribution in [3.63, 3.8) is 0 Å². The van der Waals surface area contributed by atoms with Crippen LogP contribution in [-0.2, 0) is 16.1 Å². The van der Waals surface area contributed by atoms with E-state index in [1.165, 1.54) is 0 Å². The van der Waals surface area contributed by atoms with E-state index in [4.69, 9.17) is 10.5 Å². The number of methoxy groups -OCH3 is 1. The first kappa shape index (κ1) is 17.7. The first-order valence-corrected chi connectivity index (χ1v) is 9.80. The smallest absolute Gasteiger partial charge is 0.225 e. The number of hydrogen-bond acceptors (Lipinski definition) is 6. The normalized spacial score (nSPS) is 26.5. The summed E-state index contributed by atoms with van der Waals surface area (Å²) in [4.78, 5) is 23.5. The van der Waals surface area contributed by atoms with Crippen molar-refractivity contribution in [2.24, 2.45) is 11.7 Å². The second-order valence-corrected chi connectivity index (χ2v) is 7.97. The Morgan fingerprint density at radius 2 is 2.00 bits per heavy atom. The quantitative estimate of drug-likeness (QED) is 0.802. The highest BCUT2D eigenvalue weighted by Crippen LogP contribution is 2.35. The van der Waals surface area contributed by atoms with Crippen molar-refractivity contribution in [3.8, 4) is 0 Å². The number of nitrogens with two attached hydrogens (primary N) is 1. The van der Waals surface area contributed by atoms with Gasteiger partial charge in [0.1, 0.15) is 12.4 Å². The summed E-state index contributed by atoms with van der Waals surface area (Å²) in [6.07, 6.45) is 6.06. The third-order valence-corrected chi connectivity index (χ3v) is 5.74. The summed E-state index contributed by atoms with van der Waals surface area (Å²) in [6, 6.07) is 2.71. The Labute approximate surface area is 154 Å². The lowest BCUT2D eigenvalue weighted by molar-refractivity contribution is -0.133. The van der Waals surface area contributed by atoms with Crippen molar-refractivity contribution in [1.82, 2.24) is 14.9 Å². The van der Waals surface area contributed by atoms with E-state index in [0.29, 0.717) is 42.3 Å². The molecule has 3 fully saturated rings. The monoisotopic (exact) mass is 359 g/mol. The molecule has 2 saturated carbocycles. The average Bonchev–Trinajstić information content (AvgIpc) is 3.44. The number of nitrogens with zero attached hydrogens (tertiary/aromatic N) is 3. The number of carbonyl (C=O) groups is 1. The Morgan fingerprint density at radius 1 is 1.27 bits per heavy atom. The van der Waals surface area contributed by atoms with Crippen LogP contribution < -0.4 is 11.1 Å². The van der Waals surface area contributed by atoms with Crippen molar-refractivity contribution < 1.29 is 9.53 Å². The third-order valence-electron chi connectivity index (χ3n) is 5.74. The number of hydrogen-bond donors (Lipinski definition) is 2. The van der Waals surface area contributed by atoms with Crippen LogP contribution >= 0.6 is 0 Å². The lowest BCUT2D eigenvalue weighted by Gasteiger charge is -2.34. The summed E-state index contributed by atoms with van der Waals surface area (Å²) in [5.74, 6) is 2.69. The highest BCUT2D eigenvalue weighted by Gasteiger charge is 2.35. The molecule has 3 aliphatic rings. The predicted molar refractivity (Wildman–Crippen MR) is 98.6 cm³/mol. The van der Waals surface area contributed by atoms with Crippen LogP contribution in [0.3, 0.4) is 0 Å². The minimum atomic E-state index is 0.297. The molecular formula is C19H29N5O2. The van der Waals surface area contributed by atoms with Crippen molar-refractivity contribution >= 4 is 11.7 Å². The maximum absolute atomic E-state index is 12.2. The summed E-state index contributed by atoms with van der Waals surface area (Å²) in [6.45, 7) is 2.09. The molecule has 142 valence electrons. The first-order valence-electron chi connectivity index (χ1n) is 9.80. The summed E-state index contributed by atoms with van der Waals surface area (Å²) in [5.41, 5.74) is 7.00.